The first-order chi connectivity index (χ1) is 36.4. The molecule has 0 saturated heterocycles. The van der Waals surface area contributed by atoms with Crippen molar-refractivity contribution in [2.45, 2.75) is 251 Å². The molecule has 3 atom stereocenters. The maximum Gasteiger partial charge on any atom is 0.472 e. The molecule has 3 unspecified atom stereocenters. The van der Waals surface area contributed by atoms with E-state index in [4.69, 9.17) is 13.8 Å². The van der Waals surface area contributed by atoms with E-state index in [9.17, 15) is 19.0 Å². The van der Waals surface area contributed by atoms with Crippen LogP contribution < -0.4 is 5.32 Å². The summed E-state index contributed by atoms with van der Waals surface area (Å²) in [4.78, 5) is 37.7. The predicted octanol–water partition coefficient (Wildman–Crippen LogP) is 18.6. The highest BCUT2D eigenvalue weighted by Crippen LogP contribution is 2.43. The van der Waals surface area contributed by atoms with Crippen molar-refractivity contribution in [3.8, 4) is 0 Å². The summed E-state index contributed by atoms with van der Waals surface area (Å²) in [5.74, 6) is -0.551. The van der Waals surface area contributed by atoms with Crippen LogP contribution in [0.5, 0.6) is 0 Å². The first-order valence-corrected chi connectivity index (χ1v) is 31.7. The molecule has 0 heterocycles. The number of carbonyl (C=O) groups excluding carboxylic acids is 2. The minimum Gasteiger partial charge on any atom is -0.456 e. The zero-order valence-corrected chi connectivity index (χ0v) is 49.9. The second kappa shape index (κ2) is 54.0. The number of esters is 1. The minimum absolute atomic E-state index is 0.0279. The van der Waals surface area contributed by atoms with E-state index in [0.717, 1.165) is 128 Å². The Morgan fingerprint density at radius 1 is 0.480 bits per heavy atom. The fraction of sp³-hybridized carbons (Fsp3) is 0.692. The molecule has 0 rings (SSSR count). The van der Waals surface area contributed by atoms with Gasteiger partial charge in [-0.15, -0.1) is 0 Å². The second-order valence-electron chi connectivity index (χ2n) is 21.1. The maximum absolute atomic E-state index is 13.5. The Balaban J connectivity index is 5.31. The Kier molecular flexibility index (Phi) is 51.6. The van der Waals surface area contributed by atoms with Gasteiger partial charge in [-0.1, -0.05) is 227 Å². The lowest BCUT2D eigenvalue weighted by molar-refractivity contribution is -0.870. The number of carbonyl (C=O) groups is 2. The molecule has 0 aliphatic carbocycles. The first-order valence-electron chi connectivity index (χ1n) is 30.2. The van der Waals surface area contributed by atoms with Gasteiger partial charge < -0.3 is 19.4 Å². The number of amides is 1. The summed E-state index contributed by atoms with van der Waals surface area (Å²) >= 11 is 0. The van der Waals surface area contributed by atoms with Gasteiger partial charge in [0.05, 0.1) is 33.8 Å². The topological polar surface area (TPSA) is 111 Å². The van der Waals surface area contributed by atoms with E-state index in [-0.39, 0.29) is 31.5 Å². The minimum atomic E-state index is -4.46. The highest BCUT2D eigenvalue weighted by atomic mass is 31.2. The summed E-state index contributed by atoms with van der Waals surface area (Å²) < 4.78 is 30.6. The molecule has 9 nitrogen and oxygen atoms in total. The number of unbranched alkanes of at least 4 members (excludes halogenated alkanes) is 21. The SMILES string of the molecule is CC/C=C\C/C=C\C/C=C\C/C=C\C/C=C\C/C=C\CCCCCCC(=O)NC(COP(=O)(O)OCC[N+](C)(C)C)C(/C=C\CCCCCCCCCCCC)OC(=O)CCCCCCCCC/C=C/C/C=C/CC. The van der Waals surface area contributed by atoms with Crippen LogP contribution in [0.25, 0.3) is 0 Å². The summed E-state index contributed by atoms with van der Waals surface area (Å²) in [6.07, 6.45) is 73.7. The third-order valence-corrected chi connectivity index (χ3v) is 13.7. The van der Waals surface area contributed by atoms with Crippen LogP contribution in [0.2, 0.25) is 0 Å². The first kappa shape index (κ1) is 71.7. The van der Waals surface area contributed by atoms with Gasteiger partial charge in [0, 0.05) is 12.8 Å². The summed E-state index contributed by atoms with van der Waals surface area (Å²) in [6, 6.07) is -0.872. The van der Waals surface area contributed by atoms with Gasteiger partial charge in [0.1, 0.15) is 19.3 Å². The van der Waals surface area contributed by atoms with Gasteiger partial charge >= 0.3 is 13.8 Å². The van der Waals surface area contributed by atoms with Crippen LogP contribution in [0.4, 0.5) is 0 Å². The molecule has 0 spiro atoms. The fourth-order valence-electron chi connectivity index (χ4n) is 8.10. The van der Waals surface area contributed by atoms with E-state index >= 15 is 0 Å². The molecule has 0 aromatic heterocycles. The largest absolute Gasteiger partial charge is 0.472 e. The van der Waals surface area contributed by atoms with Crippen LogP contribution >= 0.6 is 7.82 Å². The van der Waals surface area contributed by atoms with Crippen molar-refractivity contribution in [1.82, 2.24) is 5.32 Å². The molecule has 75 heavy (non-hydrogen) atoms. The standard InChI is InChI=1S/C65H113N2O7P/c1-7-10-13-16-19-22-25-28-30-31-32-33-34-35-36-37-38-39-42-45-48-51-54-57-64(68)66-62(61-73-75(70,71)72-60-59-67(4,5)6)63(56-53-50-47-44-41-27-24-21-18-15-12-9-3)74-65(69)58-55-52-49-46-43-40-29-26-23-20-17-14-11-8-2/h10-11,13-14,19-20,22-23,28,30,32-33,35-36,38-39,53,56,62-63H,7-9,12,15-18,21,24-27,29,31,34,37,40-52,54-55,57-61H2,1-6H3,(H-,66,68,70,71)/p+1/b13-10-,14-11+,22-19-,23-20+,30-28-,33-32-,36-35-,39-38-,56-53-. The second-order valence-corrected chi connectivity index (χ2v) is 22.6. The van der Waals surface area contributed by atoms with Crippen molar-refractivity contribution in [3.05, 3.63) is 109 Å². The summed E-state index contributed by atoms with van der Waals surface area (Å²) in [7, 11) is 1.46. The number of quaternary nitrogens is 1. The zero-order valence-electron chi connectivity index (χ0n) is 49.0. The van der Waals surface area contributed by atoms with Crippen molar-refractivity contribution >= 4 is 19.7 Å². The predicted molar refractivity (Wildman–Crippen MR) is 323 cm³/mol. The van der Waals surface area contributed by atoms with Gasteiger partial charge in [-0.3, -0.25) is 18.6 Å². The Morgan fingerprint density at radius 3 is 1.28 bits per heavy atom. The molecule has 2 N–H and O–H groups in total. The number of hydrogen-bond acceptors (Lipinski definition) is 6. The number of likely N-dealkylation sites (N-methyl/N-ethyl adjacent to an activating group) is 1. The van der Waals surface area contributed by atoms with Gasteiger partial charge in [-0.25, -0.2) is 4.57 Å². The maximum atomic E-state index is 13.5. The Hall–Kier alpha value is -3.33. The third kappa shape index (κ3) is 55.2. The van der Waals surface area contributed by atoms with Crippen LogP contribution in [0.1, 0.15) is 239 Å². The van der Waals surface area contributed by atoms with Gasteiger partial charge in [0.25, 0.3) is 0 Å². The van der Waals surface area contributed by atoms with Crippen LogP contribution in [-0.4, -0.2) is 74.3 Å². The molecule has 0 aliphatic rings. The number of nitrogens with zero attached hydrogens (tertiary/aromatic N) is 1. The molecule has 0 aromatic carbocycles. The van der Waals surface area contributed by atoms with Crippen molar-refractivity contribution in [1.29, 1.82) is 0 Å². The average molecular weight is 1070 g/mol. The van der Waals surface area contributed by atoms with Crippen molar-refractivity contribution in [2.24, 2.45) is 0 Å². The van der Waals surface area contributed by atoms with Crippen molar-refractivity contribution < 1.29 is 37.3 Å². The molecule has 1 amide bonds. The lowest BCUT2D eigenvalue weighted by atomic mass is 10.0. The van der Waals surface area contributed by atoms with E-state index in [1.54, 1.807) is 0 Å². The normalized spacial score (nSPS) is 14.5. The van der Waals surface area contributed by atoms with Gasteiger partial charge in [0.15, 0.2) is 0 Å². The molecular weight excluding hydrogens is 952 g/mol. The van der Waals surface area contributed by atoms with Crippen molar-refractivity contribution in [3.63, 3.8) is 0 Å². The third-order valence-electron chi connectivity index (χ3n) is 12.7. The van der Waals surface area contributed by atoms with Crippen molar-refractivity contribution in [2.75, 3.05) is 40.9 Å². The summed E-state index contributed by atoms with van der Waals surface area (Å²) in [6.45, 7) is 6.75. The van der Waals surface area contributed by atoms with Gasteiger partial charge in [0.2, 0.25) is 5.91 Å². The van der Waals surface area contributed by atoms with E-state index in [1.807, 2.05) is 33.3 Å². The molecule has 430 valence electrons. The molecule has 0 fully saturated rings. The van der Waals surface area contributed by atoms with Crippen LogP contribution in [0, 0.1) is 0 Å². The van der Waals surface area contributed by atoms with E-state index in [1.165, 1.54) is 70.6 Å². The zero-order chi connectivity index (χ0) is 55.0. The average Bonchev–Trinajstić information content (AvgIpc) is 3.37. The number of rotatable bonds is 53. The van der Waals surface area contributed by atoms with Gasteiger partial charge in [-0.2, -0.15) is 0 Å². The number of phosphoric ester groups is 1. The summed E-state index contributed by atoms with van der Waals surface area (Å²) in [5.41, 5.74) is 0. The highest BCUT2D eigenvalue weighted by molar-refractivity contribution is 7.47. The molecule has 10 heteroatoms. The number of nitrogens with one attached hydrogen (secondary N) is 1. The lowest BCUT2D eigenvalue weighted by Crippen LogP contribution is -2.47. The highest BCUT2D eigenvalue weighted by Gasteiger charge is 2.30. The smallest absolute Gasteiger partial charge is 0.456 e. The molecule has 0 aliphatic heterocycles. The van der Waals surface area contributed by atoms with E-state index in [2.05, 4.69) is 123 Å². The number of phosphoric acid groups is 1. The molecule has 0 radical (unpaired) electrons. The lowest BCUT2D eigenvalue weighted by Gasteiger charge is -2.27. The van der Waals surface area contributed by atoms with E-state index in [0.29, 0.717) is 23.9 Å². The monoisotopic (exact) mass is 1070 g/mol. The van der Waals surface area contributed by atoms with Gasteiger partial charge in [-0.05, 0) is 109 Å². The Morgan fingerprint density at radius 2 is 0.853 bits per heavy atom. The number of ether oxygens (including phenoxy) is 1. The number of allylic oxidation sites excluding steroid dienone is 17. The quantitative estimate of drug-likeness (QED) is 0.0205. The van der Waals surface area contributed by atoms with Crippen LogP contribution in [0.15, 0.2) is 109 Å². The van der Waals surface area contributed by atoms with E-state index < -0.39 is 20.0 Å². The molecular formula is C65H114N2O7P+. The molecule has 0 bridgehead atoms. The number of hydrogen-bond donors (Lipinski definition) is 2. The Labute approximate surface area is 461 Å². The van der Waals surface area contributed by atoms with Crippen LogP contribution in [-0.2, 0) is 27.9 Å². The van der Waals surface area contributed by atoms with Crippen LogP contribution in [0.3, 0.4) is 0 Å². The Bertz CT molecular complexity index is 1650. The molecule has 0 saturated carbocycles. The summed E-state index contributed by atoms with van der Waals surface area (Å²) in [5, 5.41) is 3.03. The molecule has 0 aromatic rings. The fourth-order valence-corrected chi connectivity index (χ4v) is 8.83.